The quantitative estimate of drug-likeness (QED) is 0.0536. The van der Waals surface area contributed by atoms with Gasteiger partial charge in [-0.15, -0.1) is 0 Å². The number of nitrogens with one attached hydrogen (secondary N) is 4. The third-order valence-electron chi connectivity index (χ3n) is 9.95. The zero-order chi connectivity index (χ0) is 40.1. The van der Waals surface area contributed by atoms with Gasteiger partial charge >= 0.3 is 0 Å². The van der Waals surface area contributed by atoms with E-state index in [1.807, 2.05) is 0 Å². The van der Waals surface area contributed by atoms with Gasteiger partial charge in [0, 0.05) is 24.3 Å². The third-order valence-corrected chi connectivity index (χ3v) is 12.4. The second kappa shape index (κ2) is 38.4. The van der Waals surface area contributed by atoms with E-state index in [-0.39, 0.29) is 36.2 Å². The smallest absolute Gasteiger partial charge is 0.220 e. The minimum atomic E-state index is -1.37. The van der Waals surface area contributed by atoms with Crippen molar-refractivity contribution in [2.45, 2.75) is 192 Å². The van der Waals surface area contributed by atoms with Gasteiger partial charge in [-0.2, -0.15) is 0 Å². The molecule has 0 aliphatic carbocycles. The third kappa shape index (κ3) is 37.4. The molecule has 2 amide bonds. The number of carboxylic acids is 2. The topological polar surface area (TPSA) is 147 Å². The van der Waals surface area contributed by atoms with Crippen LogP contribution in [0.2, 0.25) is 0 Å². The molecule has 4 N–H and O–H groups in total. The predicted octanol–water partition coefficient (Wildman–Crippen LogP) is 4.05. The minimum Gasteiger partial charge on any atom is -0.548 e. The van der Waals surface area contributed by atoms with Crippen molar-refractivity contribution in [3.63, 3.8) is 0 Å². The molecular weight excluding hydrogens is 721 g/mol. The van der Waals surface area contributed by atoms with Gasteiger partial charge in [0.1, 0.15) is 0 Å². The summed E-state index contributed by atoms with van der Waals surface area (Å²) in [7, 11) is 11.1. The highest BCUT2D eigenvalue weighted by atomic mass is 33.1. The molecule has 2 unspecified atom stereocenters. The Morgan fingerprint density at radius 1 is 0.407 bits per heavy atom. The van der Waals surface area contributed by atoms with Gasteiger partial charge in [0.25, 0.3) is 0 Å². The molecule has 0 fully saturated rings. The van der Waals surface area contributed by atoms with Crippen LogP contribution in [0.1, 0.15) is 180 Å². The fraction of sp³-hybridized carbons (Fsp3) is 0.905. The number of rotatable bonds is 41. The van der Waals surface area contributed by atoms with Crippen LogP contribution < -0.4 is 30.6 Å². The van der Waals surface area contributed by atoms with Crippen LogP contribution in [-0.4, -0.2) is 88.6 Å². The van der Waals surface area contributed by atoms with E-state index in [1.165, 1.54) is 138 Å². The number of amides is 2. The lowest BCUT2D eigenvalue weighted by atomic mass is 10.0. The first-order chi connectivity index (χ1) is 26.0. The van der Waals surface area contributed by atoms with Gasteiger partial charge in [-0.3, -0.25) is 9.59 Å². The molecule has 318 valence electrons. The van der Waals surface area contributed by atoms with E-state index in [4.69, 9.17) is 0 Å². The van der Waals surface area contributed by atoms with Crippen LogP contribution in [0, 0.1) is 0 Å². The van der Waals surface area contributed by atoms with Crippen LogP contribution in [0.3, 0.4) is 0 Å². The maximum atomic E-state index is 12.4. The van der Waals surface area contributed by atoms with Crippen molar-refractivity contribution in [1.29, 1.82) is 0 Å². The van der Waals surface area contributed by atoms with Gasteiger partial charge in [-0.1, -0.05) is 150 Å². The molecule has 0 spiro atoms. The molecule has 0 bridgehead atoms. The molecule has 0 saturated carbocycles. The molecule has 0 rings (SSSR count). The first-order valence-corrected chi connectivity index (χ1v) is 24.3. The molecule has 0 heterocycles. The molecule has 0 aromatic rings. The molecule has 0 aliphatic rings. The largest absolute Gasteiger partial charge is 0.548 e. The van der Waals surface area contributed by atoms with E-state index in [1.54, 1.807) is 0 Å². The SMILES string of the molecule is C[NH+](C)CCCCCCCCCCCCCCCC(=O)NC(CSSCC(NC(=O)CCCCCCCCCCCCCCC[NH+](C)C)C(=O)[O-])C(=O)[O-]. The van der Waals surface area contributed by atoms with E-state index in [0.717, 1.165) is 60.1 Å². The van der Waals surface area contributed by atoms with Gasteiger partial charge < -0.3 is 40.2 Å². The standard InChI is InChI=1S/C42H82N4O6S2/c1-45(2)33-29-25-21-17-13-9-5-7-11-15-19-23-27-31-39(47)43-37(41(49)50)35-53-54-36-38(42(51)52)44-40(48)32-28-24-20-16-12-8-6-10-14-18-22-26-30-34-46(3)4/h37-38H,5-36H2,1-4H3,(H,43,47)(H,44,48)(H,49,50)(H,51,52). The summed E-state index contributed by atoms with van der Waals surface area (Å²) < 4.78 is 0. The Labute approximate surface area is 338 Å². The summed E-state index contributed by atoms with van der Waals surface area (Å²) in [6.45, 7) is 2.53. The van der Waals surface area contributed by atoms with Crippen LogP contribution in [0.4, 0.5) is 0 Å². The van der Waals surface area contributed by atoms with E-state index >= 15 is 0 Å². The lowest BCUT2D eigenvalue weighted by molar-refractivity contribution is -0.858. The number of aliphatic carboxylic acids is 2. The fourth-order valence-corrected chi connectivity index (χ4v) is 8.82. The average Bonchev–Trinajstić information content (AvgIpc) is 3.11. The van der Waals surface area contributed by atoms with E-state index in [0.29, 0.717) is 12.8 Å². The molecular formula is C42H82N4O6S2. The summed E-state index contributed by atoms with van der Waals surface area (Å²) in [5.74, 6) is -3.31. The zero-order valence-corrected chi connectivity index (χ0v) is 36.7. The van der Waals surface area contributed by atoms with E-state index in [2.05, 4.69) is 38.8 Å². The Morgan fingerprint density at radius 2 is 0.630 bits per heavy atom. The van der Waals surface area contributed by atoms with Crippen molar-refractivity contribution in [1.82, 2.24) is 10.6 Å². The van der Waals surface area contributed by atoms with Crippen LogP contribution in [0.15, 0.2) is 0 Å². The van der Waals surface area contributed by atoms with Crippen LogP contribution in [0.25, 0.3) is 0 Å². The number of carboxylic acid groups (broad SMARTS) is 2. The zero-order valence-electron chi connectivity index (χ0n) is 35.0. The second-order valence-electron chi connectivity index (χ2n) is 16.1. The Bertz CT molecular complexity index is 855. The van der Waals surface area contributed by atoms with Crippen molar-refractivity contribution in [2.24, 2.45) is 0 Å². The first-order valence-electron chi connectivity index (χ1n) is 21.9. The summed E-state index contributed by atoms with van der Waals surface area (Å²) in [4.78, 5) is 51.0. The lowest BCUT2D eigenvalue weighted by Gasteiger charge is -2.21. The number of hydrogen-bond donors (Lipinski definition) is 4. The van der Waals surface area contributed by atoms with Crippen LogP contribution >= 0.6 is 21.6 Å². The maximum absolute atomic E-state index is 12.4. The van der Waals surface area contributed by atoms with E-state index < -0.39 is 24.0 Å². The van der Waals surface area contributed by atoms with Gasteiger partial charge in [0.05, 0.1) is 65.3 Å². The average molecular weight is 803 g/mol. The summed E-state index contributed by atoms with van der Waals surface area (Å²) in [5.41, 5.74) is 0. The molecule has 54 heavy (non-hydrogen) atoms. The molecule has 0 aromatic heterocycles. The highest BCUT2D eigenvalue weighted by molar-refractivity contribution is 8.76. The maximum Gasteiger partial charge on any atom is 0.220 e. The second-order valence-corrected chi connectivity index (χ2v) is 18.6. The van der Waals surface area contributed by atoms with Crippen molar-refractivity contribution in [3.05, 3.63) is 0 Å². The Kier molecular flexibility index (Phi) is 37.3. The number of quaternary nitrogens is 2. The Hall–Kier alpha value is -1.50. The lowest BCUT2D eigenvalue weighted by Crippen LogP contribution is -3.05. The Balaban J connectivity index is 3.87. The van der Waals surface area contributed by atoms with Gasteiger partial charge in [0.15, 0.2) is 0 Å². The number of carbonyl (C=O) groups is 4. The minimum absolute atomic E-state index is 0.0294. The van der Waals surface area contributed by atoms with Crippen molar-refractivity contribution in [2.75, 3.05) is 52.8 Å². The molecule has 2 atom stereocenters. The summed E-state index contributed by atoms with van der Waals surface area (Å²) in [6, 6.07) is -2.34. The van der Waals surface area contributed by atoms with Crippen molar-refractivity contribution < 1.29 is 39.2 Å². The van der Waals surface area contributed by atoms with Crippen LogP contribution in [-0.2, 0) is 19.2 Å². The number of hydrogen-bond acceptors (Lipinski definition) is 8. The number of unbranched alkanes of at least 4 members (excludes halogenated alkanes) is 24. The summed E-state index contributed by atoms with van der Waals surface area (Å²) in [5, 5.41) is 28.3. The van der Waals surface area contributed by atoms with Crippen molar-refractivity contribution in [3.8, 4) is 0 Å². The van der Waals surface area contributed by atoms with Gasteiger partial charge in [-0.05, 0) is 38.5 Å². The first kappa shape index (κ1) is 52.5. The monoisotopic (exact) mass is 803 g/mol. The predicted molar refractivity (Wildman–Crippen MR) is 223 cm³/mol. The fourth-order valence-electron chi connectivity index (χ4n) is 6.52. The molecule has 0 aromatic carbocycles. The van der Waals surface area contributed by atoms with E-state index in [9.17, 15) is 29.4 Å². The summed E-state index contributed by atoms with van der Waals surface area (Å²) >= 11 is 0. The van der Waals surface area contributed by atoms with Crippen molar-refractivity contribution >= 4 is 45.3 Å². The molecule has 0 aliphatic heterocycles. The highest BCUT2D eigenvalue weighted by Crippen LogP contribution is 2.23. The molecule has 0 saturated heterocycles. The molecule has 12 heteroatoms. The molecule has 0 radical (unpaired) electrons. The normalized spacial score (nSPS) is 12.6. The highest BCUT2D eigenvalue weighted by Gasteiger charge is 2.17. The Morgan fingerprint density at radius 3 is 0.852 bits per heavy atom. The molecule has 10 nitrogen and oxygen atoms in total. The summed E-state index contributed by atoms with van der Waals surface area (Å²) in [6.07, 6.45) is 32.0. The van der Waals surface area contributed by atoms with Gasteiger partial charge in [0.2, 0.25) is 11.8 Å². The van der Waals surface area contributed by atoms with Crippen LogP contribution in [0.5, 0.6) is 0 Å². The van der Waals surface area contributed by atoms with Gasteiger partial charge in [-0.25, -0.2) is 0 Å². The number of carbonyl (C=O) groups excluding carboxylic acids is 4.